The standard InChI is InChI=1S/C31H37ClN4O6S2/c1-18(2)15-23(30(41)36-24(17-43)28(39)33-14-13-19-7-3-5-9-21(19)32)35-29(40)22(11-12-27(37)38)34-31(42)26-16-20-8-4-6-10-25(20)44-26/h3-10,16,18,22-24,43H,11-15,17H2,1-2H3,(H,33,39)(H,34,42)(H,35,40)(H,36,41)(H,37,38)/t22-,23-,24-/m0/s1. The summed E-state index contributed by atoms with van der Waals surface area (Å²) in [5.41, 5.74) is 0.873. The van der Waals surface area contributed by atoms with E-state index in [1.54, 1.807) is 12.1 Å². The molecule has 236 valence electrons. The number of halogens is 1. The lowest BCUT2D eigenvalue weighted by molar-refractivity contribution is -0.137. The van der Waals surface area contributed by atoms with Gasteiger partial charge in [-0.2, -0.15) is 12.6 Å². The highest BCUT2D eigenvalue weighted by Crippen LogP contribution is 2.25. The van der Waals surface area contributed by atoms with Gasteiger partial charge in [0.05, 0.1) is 4.88 Å². The average Bonchev–Trinajstić information content (AvgIpc) is 3.42. The van der Waals surface area contributed by atoms with Gasteiger partial charge in [0.15, 0.2) is 0 Å². The zero-order valence-electron chi connectivity index (χ0n) is 24.5. The summed E-state index contributed by atoms with van der Waals surface area (Å²) in [5, 5.41) is 21.4. The topological polar surface area (TPSA) is 154 Å². The van der Waals surface area contributed by atoms with E-state index >= 15 is 0 Å². The molecule has 0 aliphatic rings. The van der Waals surface area contributed by atoms with Crippen LogP contribution in [0.25, 0.3) is 10.1 Å². The number of nitrogens with one attached hydrogen (secondary N) is 4. The minimum absolute atomic E-state index is 0.0124. The van der Waals surface area contributed by atoms with Crippen LogP contribution in [0, 0.1) is 5.92 Å². The lowest BCUT2D eigenvalue weighted by Crippen LogP contribution is -2.57. The second kappa shape index (κ2) is 17.0. The summed E-state index contributed by atoms with van der Waals surface area (Å²) in [7, 11) is 0. The van der Waals surface area contributed by atoms with Crippen molar-refractivity contribution in [1.82, 2.24) is 21.3 Å². The van der Waals surface area contributed by atoms with Crippen LogP contribution in [-0.2, 0) is 25.6 Å². The number of aliphatic carboxylic acids is 1. The Bertz CT molecular complexity index is 1450. The summed E-state index contributed by atoms with van der Waals surface area (Å²) in [6, 6.07) is 13.2. The fourth-order valence-corrected chi connectivity index (χ4v) is 5.90. The van der Waals surface area contributed by atoms with Gasteiger partial charge < -0.3 is 26.4 Å². The molecule has 0 radical (unpaired) electrons. The van der Waals surface area contributed by atoms with Gasteiger partial charge in [-0.05, 0) is 54.3 Å². The molecule has 4 amide bonds. The molecule has 0 unspecified atom stereocenters. The molecule has 0 bridgehead atoms. The van der Waals surface area contributed by atoms with Crippen molar-refractivity contribution in [2.45, 2.75) is 57.7 Å². The molecule has 3 atom stereocenters. The minimum atomic E-state index is -1.21. The van der Waals surface area contributed by atoms with Gasteiger partial charge in [-0.3, -0.25) is 24.0 Å². The Hall–Kier alpha value is -3.61. The first-order valence-corrected chi connectivity index (χ1v) is 16.0. The van der Waals surface area contributed by atoms with E-state index in [4.69, 9.17) is 11.6 Å². The third-order valence-corrected chi connectivity index (χ3v) is 8.57. The van der Waals surface area contributed by atoms with Gasteiger partial charge in [0.2, 0.25) is 17.7 Å². The van der Waals surface area contributed by atoms with Crippen molar-refractivity contribution in [3.8, 4) is 0 Å². The second-order valence-electron chi connectivity index (χ2n) is 10.7. The summed E-state index contributed by atoms with van der Waals surface area (Å²) < 4.78 is 0.893. The first-order chi connectivity index (χ1) is 21.0. The van der Waals surface area contributed by atoms with Gasteiger partial charge in [-0.15, -0.1) is 11.3 Å². The van der Waals surface area contributed by atoms with Crippen LogP contribution in [0.5, 0.6) is 0 Å². The Morgan fingerprint density at radius 2 is 1.55 bits per heavy atom. The van der Waals surface area contributed by atoms with Crippen LogP contribution in [0.15, 0.2) is 54.6 Å². The van der Waals surface area contributed by atoms with E-state index < -0.39 is 47.7 Å². The van der Waals surface area contributed by atoms with Gasteiger partial charge in [0.1, 0.15) is 18.1 Å². The number of carboxylic acid groups (broad SMARTS) is 1. The van der Waals surface area contributed by atoms with Gasteiger partial charge in [0, 0.05) is 28.4 Å². The predicted octanol–water partition coefficient (Wildman–Crippen LogP) is 3.82. The van der Waals surface area contributed by atoms with E-state index in [9.17, 15) is 29.1 Å². The average molecular weight is 661 g/mol. The molecule has 1 heterocycles. The van der Waals surface area contributed by atoms with Crippen LogP contribution in [0.2, 0.25) is 5.02 Å². The number of thiophene rings is 1. The molecule has 10 nitrogen and oxygen atoms in total. The molecule has 1 aromatic heterocycles. The highest BCUT2D eigenvalue weighted by atomic mass is 35.5. The molecule has 5 N–H and O–H groups in total. The van der Waals surface area contributed by atoms with Crippen molar-refractivity contribution in [2.75, 3.05) is 12.3 Å². The van der Waals surface area contributed by atoms with Crippen LogP contribution in [0.3, 0.4) is 0 Å². The normalized spacial score (nSPS) is 13.1. The Morgan fingerprint density at radius 1 is 0.886 bits per heavy atom. The number of fused-ring (bicyclic) bond motifs is 1. The Kier molecular flexibility index (Phi) is 13.5. The molecule has 13 heteroatoms. The first kappa shape index (κ1) is 34.9. The van der Waals surface area contributed by atoms with Crippen LogP contribution in [-0.4, -0.2) is 65.1 Å². The molecule has 0 aliphatic carbocycles. The molecular formula is C31H37ClN4O6S2. The molecule has 0 fully saturated rings. The van der Waals surface area contributed by atoms with Crippen molar-refractivity contribution < 1.29 is 29.1 Å². The Balaban J connectivity index is 1.66. The molecule has 3 aromatic rings. The highest BCUT2D eigenvalue weighted by molar-refractivity contribution is 7.80. The third kappa shape index (κ3) is 10.5. The smallest absolute Gasteiger partial charge is 0.303 e. The monoisotopic (exact) mass is 660 g/mol. The van der Waals surface area contributed by atoms with Crippen LogP contribution >= 0.6 is 35.6 Å². The van der Waals surface area contributed by atoms with Crippen molar-refractivity contribution in [3.05, 3.63) is 70.1 Å². The summed E-state index contributed by atoms with van der Waals surface area (Å²) in [6.07, 6.45) is 0.180. The number of benzene rings is 2. The minimum Gasteiger partial charge on any atom is -0.481 e. The SMILES string of the molecule is CC(C)C[C@H](NC(=O)[C@H](CCC(=O)O)NC(=O)c1cc2ccccc2s1)C(=O)N[C@@H](CS)C(=O)NCCc1ccccc1Cl. The number of amides is 4. The van der Waals surface area contributed by atoms with E-state index in [0.717, 1.165) is 15.6 Å². The molecule has 3 rings (SSSR count). The molecule has 0 saturated heterocycles. The number of carbonyl (C=O) groups excluding carboxylic acids is 4. The summed E-state index contributed by atoms with van der Waals surface area (Å²) in [4.78, 5) is 64.3. The zero-order chi connectivity index (χ0) is 32.2. The lowest BCUT2D eigenvalue weighted by atomic mass is 10.0. The maximum atomic E-state index is 13.4. The number of thiol groups is 1. The molecule has 44 heavy (non-hydrogen) atoms. The third-order valence-electron chi connectivity index (χ3n) is 6.73. The van der Waals surface area contributed by atoms with Crippen LogP contribution in [0.1, 0.15) is 48.3 Å². The molecular weight excluding hydrogens is 624 g/mol. The fourth-order valence-electron chi connectivity index (χ4n) is 4.45. The lowest BCUT2D eigenvalue weighted by Gasteiger charge is -2.25. The van der Waals surface area contributed by atoms with E-state index in [1.165, 1.54) is 11.3 Å². The zero-order valence-corrected chi connectivity index (χ0v) is 26.9. The summed E-state index contributed by atoms with van der Waals surface area (Å²) in [5.74, 6) is -3.40. The maximum absolute atomic E-state index is 13.4. The molecule has 2 aromatic carbocycles. The van der Waals surface area contributed by atoms with Crippen molar-refractivity contribution >= 4 is 75.3 Å². The Labute approximate surface area is 270 Å². The summed E-state index contributed by atoms with van der Waals surface area (Å²) in [6.45, 7) is 4.03. The second-order valence-corrected chi connectivity index (χ2v) is 12.5. The molecule has 0 aliphatic heterocycles. The van der Waals surface area contributed by atoms with Gasteiger partial charge in [-0.1, -0.05) is 61.8 Å². The van der Waals surface area contributed by atoms with E-state index in [-0.39, 0.29) is 30.9 Å². The number of carboxylic acids is 1. The van der Waals surface area contributed by atoms with Gasteiger partial charge in [0.25, 0.3) is 5.91 Å². The van der Waals surface area contributed by atoms with Crippen LogP contribution < -0.4 is 21.3 Å². The van der Waals surface area contributed by atoms with Crippen molar-refractivity contribution in [3.63, 3.8) is 0 Å². The number of rotatable bonds is 16. The van der Waals surface area contributed by atoms with Crippen LogP contribution in [0.4, 0.5) is 0 Å². The van der Waals surface area contributed by atoms with E-state index in [2.05, 4.69) is 33.9 Å². The predicted molar refractivity (Wildman–Crippen MR) is 175 cm³/mol. The first-order valence-electron chi connectivity index (χ1n) is 14.2. The Morgan fingerprint density at radius 3 is 2.20 bits per heavy atom. The maximum Gasteiger partial charge on any atom is 0.303 e. The van der Waals surface area contributed by atoms with Crippen molar-refractivity contribution in [1.29, 1.82) is 0 Å². The largest absolute Gasteiger partial charge is 0.481 e. The quantitative estimate of drug-likeness (QED) is 0.129. The highest BCUT2D eigenvalue weighted by Gasteiger charge is 2.30. The van der Waals surface area contributed by atoms with Crippen molar-refractivity contribution in [2.24, 2.45) is 5.92 Å². The summed E-state index contributed by atoms with van der Waals surface area (Å²) >= 11 is 11.7. The van der Waals surface area contributed by atoms with E-state index in [1.807, 2.05) is 56.3 Å². The number of hydrogen-bond donors (Lipinski definition) is 6. The molecule has 0 saturated carbocycles. The van der Waals surface area contributed by atoms with E-state index in [0.29, 0.717) is 22.9 Å². The number of hydrogen-bond acceptors (Lipinski definition) is 7. The van der Waals surface area contributed by atoms with Gasteiger partial charge >= 0.3 is 5.97 Å². The fraction of sp³-hybridized carbons (Fsp3) is 0.387. The molecule has 0 spiro atoms. The number of carbonyl (C=O) groups is 5. The van der Waals surface area contributed by atoms with Gasteiger partial charge in [-0.25, -0.2) is 0 Å².